The number of alkyl halides is 3. The molecule has 0 bridgehead atoms. The van der Waals surface area contributed by atoms with Gasteiger partial charge in [0.2, 0.25) is 0 Å². The van der Waals surface area contributed by atoms with Crippen LogP contribution in [0.4, 0.5) is 13.2 Å². The Morgan fingerprint density at radius 1 is 1.19 bits per heavy atom. The molecular formula is C19H21F3N2O2S. The summed E-state index contributed by atoms with van der Waals surface area (Å²) in [6.07, 6.45) is -2.72. The van der Waals surface area contributed by atoms with Crippen LogP contribution in [0.5, 0.6) is 5.75 Å². The molecule has 0 spiro atoms. The van der Waals surface area contributed by atoms with E-state index in [0.29, 0.717) is 10.8 Å². The van der Waals surface area contributed by atoms with Crippen LogP contribution in [-0.2, 0) is 0 Å². The van der Waals surface area contributed by atoms with Crippen molar-refractivity contribution in [3.8, 4) is 16.2 Å². The zero-order valence-corrected chi connectivity index (χ0v) is 15.7. The summed E-state index contributed by atoms with van der Waals surface area (Å²) in [4.78, 5) is 16.1. The summed E-state index contributed by atoms with van der Waals surface area (Å²) >= 11 is 1.35. The third-order valence-corrected chi connectivity index (χ3v) is 5.71. The highest BCUT2D eigenvalue weighted by molar-refractivity contribution is 7.17. The second-order valence-corrected chi connectivity index (χ2v) is 7.61. The molecule has 8 heteroatoms. The molecule has 1 aromatic heterocycles. The fraction of sp³-hybridized carbons (Fsp3) is 0.421. The van der Waals surface area contributed by atoms with E-state index < -0.39 is 6.36 Å². The van der Waals surface area contributed by atoms with Crippen molar-refractivity contribution in [2.45, 2.75) is 19.2 Å². The number of thiophene rings is 1. The van der Waals surface area contributed by atoms with Crippen molar-refractivity contribution in [3.63, 3.8) is 0 Å². The molecule has 3 rings (SSSR count). The lowest BCUT2D eigenvalue weighted by Crippen LogP contribution is -2.40. The van der Waals surface area contributed by atoms with Crippen LogP contribution >= 0.6 is 11.3 Å². The molecule has 1 aromatic carbocycles. The highest BCUT2D eigenvalue weighted by Crippen LogP contribution is 2.32. The van der Waals surface area contributed by atoms with Crippen molar-refractivity contribution in [1.29, 1.82) is 0 Å². The number of carbonyl (C=O) groups excluding carboxylic acids is 1. The molecular weight excluding hydrogens is 377 g/mol. The van der Waals surface area contributed by atoms with Gasteiger partial charge in [-0.1, -0.05) is 0 Å². The standard InChI is InChI=1S/C19H21F3N2O2S/c1-23-12-13-8-10-24(11-9-13)18(25)17-7-6-16(27-17)14-2-4-15(5-3-14)26-19(20,21)22/h2-7,13,23H,8-12H2,1H3. The Balaban J connectivity index is 1.63. The zero-order chi connectivity index (χ0) is 19.4. The summed E-state index contributed by atoms with van der Waals surface area (Å²) in [7, 11) is 1.94. The first kappa shape index (κ1) is 19.7. The number of nitrogens with one attached hydrogen (secondary N) is 1. The van der Waals surface area contributed by atoms with Gasteiger partial charge in [0.25, 0.3) is 5.91 Å². The molecule has 2 heterocycles. The third kappa shape index (κ3) is 5.23. The third-order valence-electron chi connectivity index (χ3n) is 4.58. The lowest BCUT2D eigenvalue weighted by atomic mass is 9.97. The Bertz CT molecular complexity index is 766. The molecule has 1 aliphatic rings. The Kier molecular flexibility index (Phi) is 6.06. The molecule has 0 aliphatic carbocycles. The topological polar surface area (TPSA) is 41.6 Å². The molecule has 1 saturated heterocycles. The van der Waals surface area contributed by atoms with Gasteiger partial charge in [0.1, 0.15) is 5.75 Å². The molecule has 1 N–H and O–H groups in total. The van der Waals surface area contributed by atoms with Crippen molar-refractivity contribution in [3.05, 3.63) is 41.3 Å². The van der Waals surface area contributed by atoms with Gasteiger partial charge in [0, 0.05) is 18.0 Å². The number of amides is 1. The minimum atomic E-state index is -4.70. The smallest absolute Gasteiger partial charge is 0.406 e. The summed E-state index contributed by atoms with van der Waals surface area (Å²) in [6.45, 7) is 2.48. The lowest BCUT2D eigenvalue weighted by Gasteiger charge is -2.31. The van der Waals surface area contributed by atoms with E-state index >= 15 is 0 Å². The molecule has 4 nitrogen and oxygen atoms in total. The van der Waals surface area contributed by atoms with E-state index in [1.54, 1.807) is 18.2 Å². The first-order chi connectivity index (χ1) is 12.9. The van der Waals surface area contributed by atoms with E-state index in [9.17, 15) is 18.0 Å². The number of hydrogen-bond donors (Lipinski definition) is 1. The van der Waals surface area contributed by atoms with Gasteiger partial charge in [-0.2, -0.15) is 0 Å². The molecule has 27 heavy (non-hydrogen) atoms. The van der Waals surface area contributed by atoms with E-state index in [4.69, 9.17) is 0 Å². The van der Waals surface area contributed by atoms with Crippen LogP contribution in [0.1, 0.15) is 22.5 Å². The number of carbonyl (C=O) groups is 1. The number of benzene rings is 1. The largest absolute Gasteiger partial charge is 0.573 e. The van der Waals surface area contributed by atoms with Crippen molar-refractivity contribution in [2.75, 3.05) is 26.7 Å². The molecule has 0 unspecified atom stereocenters. The summed E-state index contributed by atoms with van der Waals surface area (Å²) in [6, 6.07) is 9.27. The molecule has 0 atom stereocenters. The number of rotatable bonds is 5. The molecule has 1 amide bonds. The summed E-state index contributed by atoms with van der Waals surface area (Å²) in [5, 5.41) is 3.18. The normalized spacial score (nSPS) is 15.8. The maximum absolute atomic E-state index is 12.7. The number of nitrogens with zero attached hydrogens (tertiary/aromatic N) is 1. The van der Waals surface area contributed by atoms with Crippen LogP contribution in [0.15, 0.2) is 36.4 Å². The van der Waals surface area contributed by atoms with E-state index in [2.05, 4.69) is 10.1 Å². The van der Waals surface area contributed by atoms with Crippen LogP contribution in [0.3, 0.4) is 0 Å². The number of halogens is 3. The molecule has 146 valence electrons. The second-order valence-electron chi connectivity index (χ2n) is 6.53. The summed E-state index contributed by atoms with van der Waals surface area (Å²) in [5.41, 5.74) is 0.751. The van der Waals surface area contributed by atoms with Crippen molar-refractivity contribution in [2.24, 2.45) is 5.92 Å². The maximum Gasteiger partial charge on any atom is 0.573 e. The number of likely N-dealkylation sites (tertiary alicyclic amines) is 1. The minimum absolute atomic E-state index is 0.0196. The lowest BCUT2D eigenvalue weighted by molar-refractivity contribution is -0.274. The second kappa shape index (κ2) is 8.31. The van der Waals surface area contributed by atoms with Gasteiger partial charge in [0.15, 0.2) is 0 Å². The highest BCUT2D eigenvalue weighted by Gasteiger charge is 2.31. The van der Waals surface area contributed by atoms with Crippen molar-refractivity contribution < 1.29 is 22.7 Å². The average Bonchev–Trinajstić information content (AvgIpc) is 3.11. The number of ether oxygens (including phenoxy) is 1. The van der Waals surface area contributed by atoms with Crippen molar-refractivity contribution >= 4 is 17.2 Å². The van der Waals surface area contributed by atoms with Crippen LogP contribution in [-0.4, -0.2) is 43.9 Å². The molecule has 0 saturated carbocycles. The van der Waals surface area contributed by atoms with Crippen LogP contribution in [0, 0.1) is 5.92 Å². The van der Waals surface area contributed by atoms with Gasteiger partial charge in [0.05, 0.1) is 4.88 Å². The Labute approximate surface area is 159 Å². The van der Waals surface area contributed by atoms with E-state index in [0.717, 1.165) is 42.9 Å². The predicted molar refractivity (Wildman–Crippen MR) is 99.0 cm³/mol. The van der Waals surface area contributed by atoms with Gasteiger partial charge in [-0.25, -0.2) is 0 Å². The van der Waals surface area contributed by atoms with Gasteiger partial charge >= 0.3 is 6.36 Å². The van der Waals surface area contributed by atoms with Crippen LogP contribution in [0.25, 0.3) is 10.4 Å². The number of hydrogen-bond acceptors (Lipinski definition) is 4. The minimum Gasteiger partial charge on any atom is -0.406 e. The van der Waals surface area contributed by atoms with E-state index in [1.807, 2.05) is 18.0 Å². The van der Waals surface area contributed by atoms with Gasteiger partial charge in [-0.15, -0.1) is 24.5 Å². The molecule has 1 aliphatic heterocycles. The van der Waals surface area contributed by atoms with Crippen LogP contribution in [0.2, 0.25) is 0 Å². The molecule has 0 radical (unpaired) electrons. The average molecular weight is 398 g/mol. The van der Waals surface area contributed by atoms with Crippen molar-refractivity contribution in [1.82, 2.24) is 10.2 Å². The predicted octanol–water partition coefficient (Wildman–Crippen LogP) is 4.39. The fourth-order valence-electron chi connectivity index (χ4n) is 3.21. The SMILES string of the molecule is CNCC1CCN(C(=O)c2ccc(-c3ccc(OC(F)(F)F)cc3)s2)CC1. The summed E-state index contributed by atoms with van der Waals surface area (Å²) in [5.74, 6) is 0.366. The maximum atomic E-state index is 12.7. The van der Waals surface area contributed by atoms with E-state index in [-0.39, 0.29) is 11.7 Å². The monoisotopic (exact) mass is 398 g/mol. The first-order valence-corrected chi connectivity index (χ1v) is 9.57. The Morgan fingerprint density at radius 3 is 2.44 bits per heavy atom. The molecule has 2 aromatic rings. The van der Waals surface area contributed by atoms with Crippen LogP contribution < -0.4 is 10.1 Å². The van der Waals surface area contributed by atoms with E-state index in [1.165, 1.54) is 23.5 Å². The fourth-order valence-corrected chi connectivity index (χ4v) is 4.19. The quantitative estimate of drug-likeness (QED) is 0.813. The first-order valence-electron chi connectivity index (χ1n) is 8.75. The molecule has 1 fully saturated rings. The highest BCUT2D eigenvalue weighted by atomic mass is 32.1. The Hall–Kier alpha value is -2.06. The van der Waals surface area contributed by atoms with Gasteiger partial charge < -0.3 is 15.0 Å². The zero-order valence-electron chi connectivity index (χ0n) is 14.9. The summed E-state index contributed by atoms with van der Waals surface area (Å²) < 4.78 is 40.6. The van der Waals surface area contributed by atoms with Gasteiger partial charge in [-0.05, 0) is 74.3 Å². The van der Waals surface area contributed by atoms with Gasteiger partial charge in [-0.3, -0.25) is 4.79 Å². The Morgan fingerprint density at radius 2 is 1.85 bits per heavy atom. The number of piperidine rings is 1.